The number of hydrogen-bond acceptors (Lipinski definition) is 3. The van der Waals surface area contributed by atoms with Crippen molar-refractivity contribution in [3.05, 3.63) is 26.3 Å². The van der Waals surface area contributed by atoms with Crippen LogP contribution in [-0.4, -0.2) is 11.6 Å². The summed E-state index contributed by atoms with van der Waals surface area (Å²) < 4.78 is 6.01. The lowest BCUT2D eigenvalue weighted by Crippen LogP contribution is -2.24. The topological polar surface area (TPSA) is 52.3 Å². The molecule has 0 amide bonds. The maximum absolute atomic E-state index is 11.8. The van der Waals surface area contributed by atoms with Gasteiger partial charge in [0.25, 0.3) is 0 Å². The molecule has 0 saturated heterocycles. The van der Waals surface area contributed by atoms with Crippen LogP contribution in [0.5, 0.6) is 0 Å². The Labute approximate surface area is 113 Å². The first kappa shape index (κ1) is 13.6. The maximum atomic E-state index is 11.8. The number of rotatable bonds is 1. The van der Waals surface area contributed by atoms with E-state index in [1.54, 1.807) is 12.1 Å². The van der Waals surface area contributed by atoms with Crippen molar-refractivity contribution in [2.45, 2.75) is 26.4 Å². The van der Waals surface area contributed by atoms with Crippen molar-refractivity contribution >= 4 is 45.8 Å². The summed E-state index contributed by atoms with van der Waals surface area (Å²) in [6, 6.07) is 3.19. The molecule has 2 N–H and O–H groups in total. The van der Waals surface area contributed by atoms with Crippen LogP contribution < -0.4 is 5.73 Å². The van der Waals surface area contributed by atoms with Crippen molar-refractivity contribution in [2.75, 3.05) is 5.73 Å². The second-order valence-electron chi connectivity index (χ2n) is 4.36. The van der Waals surface area contributed by atoms with Gasteiger partial charge in [-0.2, -0.15) is 0 Å². The van der Waals surface area contributed by atoms with Gasteiger partial charge in [0.1, 0.15) is 5.60 Å². The van der Waals surface area contributed by atoms with Gasteiger partial charge in [0.15, 0.2) is 0 Å². The normalized spacial score (nSPS) is 11.3. The number of nitrogens with two attached hydrogens (primary N) is 1. The number of benzene rings is 1. The van der Waals surface area contributed by atoms with Crippen LogP contribution in [0.3, 0.4) is 0 Å². The molecule has 5 heteroatoms. The Bertz CT molecular complexity index is 427. The molecule has 0 aliphatic rings. The van der Waals surface area contributed by atoms with Crippen molar-refractivity contribution in [3.8, 4) is 0 Å². The second-order valence-corrected chi connectivity index (χ2v) is 5.92. The van der Waals surface area contributed by atoms with Crippen molar-refractivity contribution < 1.29 is 9.53 Å². The van der Waals surface area contributed by atoms with Gasteiger partial charge in [0.2, 0.25) is 0 Å². The lowest BCUT2D eigenvalue weighted by atomic mass is 10.1. The lowest BCUT2D eigenvalue weighted by Gasteiger charge is -2.20. The third-order valence-corrected chi connectivity index (χ3v) is 3.24. The van der Waals surface area contributed by atoms with Gasteiger partial charge in [0.05, 0.1) is 10.6 Å². The second kappa shape index (κ2) is 4.79. The summed E-state index contributed by atoms with van der Waals surface area (Å²) in [5, 5.41) is 0.533. The predicted octanol–water partition coefficient (Wildman–Crippen LogP) is 3.48. The van der Waals surface area contributed by atoms with Crippen molar-refractivity contribution in [1.82, 2.24) is 0 Å². The molecular weight excluding hydrogens is 340 g/mol. The molecule has 1 rings (SSSR count). The van der Waals surface area contributed by atoms with Crippen LogP contribution in [0.15, 0.2) is 12.1 Å². The van der Waals surface area contributed by atoms with Crippen LogP contribution in [0.4, 0.5) is 5.69 Å². The molecule has 0 heterocycles. The zero-order chi connectivity index (χ0) is 12.5. The van der Waals surface area contributed by atoms with Crippen LogP contribution in [-0.2, 0) is 4.74 Å². The Hall–Kier alpha value is -0.490. The Morgan fingerprint density at radius 2 is 2.00 bits per heavy atom. The minimum atomic E-state index is -0.533. The number of carbonyl (C=O) groups is 1. The Morgan fingerprint density at radius 1 is 1.44 bits per heavy atom. The highest BCUT2D eigenvalue weighted by Gasteiger charge is 2.20. The molecule has 0 spiro atoms. The monoisotopic (exact) mass is 353 g/mol. The molecule has 16 heavy (non-hydrogen) atoms. The van der Waals surface area contributed by atoms with E-state index in [-0.39, 0.29) is 0 Å². The molecular formula is C11H13ClINO2. The van der Waals surface area contributed by atoms with E-state index in [0.29, 0.717) is 16.3 Å². The van der Waals surface area contributed by atoms with Crippen LogP contribution in [0, 0.1) is 3.57 Å². The molecule has 1 aromatic rings. The third kappa shape index (κ3) is 3.52. The number of halogens is 2. The van der Waals surface area contributed by atoms with Gasteiger partial charge in [-0.15, -0.1) is 0 Å². The van der Waals surface area contributed by atoms with Crippen LogP contribution in [0.2, 0.25) is 5.02 Å². The average Bonchev–Trinajstić information content (AvgIpc) is 2.08. The first-order valence-corrected chi connectivity index (χ1v) is 6.14. The standard InChI is InChI=1S/C11H13ClINO2/c1-11(2,3)16-10(15)6-4-8(13)7(12)5-9(6)14/h4-5H,14H2,1-3H3. The third-order valence-electron chi connectivity index (χ3n) is 1.71. The molecule has 1 aromatic carbocycles. The Balaban J connectivity index is 3.05. The van der Waals surface area contributed by atoms with E-state index in [4.69, 9.17) is 22.1 Å². The van der Waals surface area contributed by atoms with Gasteiger partial charge in [-0.1, -0.05) is 11.6 Å². The zero-order valence-electron chi connectivity index (χ0n) is 9.30. The van der Waals surface area contributed by atoms with E-state index in [0.717, 1.165) is 3.57 Å². The molecule has 0 unspecified atom stereocenters. The molecule has 0 radical (unpaired) electrons. The molecule has 3 nitrogen and oxygen atoms in total. The molecule has 0 saturated carbocycles. The SMILES string of the molecule is CC(C)(C)OC(=O)c1cc(I)c(Cl)cc1N. The Morgan fingerprint density at radius 3 is 2.50 bits per heavy atom. The highest BCUT2D eigenvalue weighted by atomic mass is 127. The van der Waals surface area contributed by atoms with Crippen molar-refractivity contribution in [3.63, 3.8) is 0 Å². The summed E-state index contributed by atoms with van der Waals surface area (Å²) in [5.41, 5.74) is 5.87. The highest BCUT2D eigenvalue weighted by molar-refractivity contribution is 14.1. The van der Waals surface area contributed by atoms with E-state index in [9.17, 15) is 4.79 Å². The van der Waals surface area contributed by atoms with Crippen LogP contribution in [0.25, 0.3) is 0 Å². The first-order valence-electron chi connectivity index (χ1n) is 4.68. The number of anilines is 1. The molecule has 0 atom stereocenters. The number of hydrogen-bond donors (Lipinski definition) is 1. The Kier molecular flexibility index (Phi) is 4.07. The fourth-order valence-electron chi connectivity index (χ4n) is 1.07. The molecule has 0 bridgehead atoms. The van der Waals surface area contributed by atoms with Gasteiger partial charge in [-0.25, -0.2) is 4.79 Å². The van der Waals surface area contributed by atoms with Crippen LogP contribution >= 0.6 is 34.2 Å². The summed E-state index contributed by atoms with van der Waals surface area (Å²) >= 11 is 7.93. The fourth-order valence-corrected chi connectivity index (χ4v) is 1.71. The molecule has 0 aliphatic carbocycles. The van der Waals surface area contributed by atoms with Crippen molar-refractivity contribution in [1.29, 1.82) is 0 Å². The summed E-state index contributed by atoms with van der Waals surface area (Å²) in [4.78, 5) is 11.8. The van der Waals surface area contributed by atoms with E-state index in [2.05, 4.69) is 0 Å². The number of ether oxygens (including phenoxy) is 1. The van der Waals surface area contributed by atoms with Gasteiger partial charge in [-0.3, -0.25) is 0 Å². The number of nitrogen functional groups attached to an aromatic ring is 1. The maximum Gasteiger partial charge on any atom is 0.340 e. The van der Waals surface area contributed by atoms with E-state index < -0.39 is 11.6 Å². The quantitative estimate of drug-likeness (QED) is 0.478. The molecule has 0 aliphatic heterocycles. The summed E-state index contributed by atoms with van der Waals surface area (Å²) in [5.74, 6) is -0.431. The van der Waals surface area contributed by atoms with E-state index in [1.807, 2.05) is 43.4 Å². The minimum Gasteiger partial charge on any atom is -0.456 e. The molecule has 0 fully saturated rings. The predicted molar refractivity (Wildman–Crippen MR) is 73.7 cm³/mol. The largest absolute Gasteiger partial charge is 0.456 e. The first-order chi connectivity index (χ1) is 7.20. The smallest absolute Gasteiger partial charge is 0.340 e. The van der Waals surface area contributed by atoms with Gasteiger partial charge >= 0.3 is 5.97 Å². The number of carbonyl (C=O) groups excluding carboxylic acids is 1. The van der Waals surface area contributed by atoms with Gasteiger partial charge in [0, 0.05) is 9.26 Å². The summed E-state index contributed by atoms with van der Waals surface area (Å²) in [6.45, 7) is 5.42. The van der Waals surface area contributed by atoms with Gasteiger partial charge < -0.3 is 10.5 Å². The minimum absolute atomic E-state index is 0.333. The van der Waals surface area contributed by atoms with E-state index >= 15 is 0 Å². The lowest BCUT2D eigenvalue weighted by molar-refractivity contribution is 0.00707. The van der Waals surface area contributed by atoms with Crippen LogP contribution in [0.1, 0.15) is 31.1 Å². The molecule has 88 valence electrons. The summed E-state index contributed by atoms with van der Waals surface area (Å²) in [7, 11) is 0. The molecule has 0 aromatic heterocycles. The fraction of sp³-hybridized carbons (Fsp3) is 0.364. The number of esters is 1. The highest BCUT2D eigenvalue weighted by Crippen LogP contribution is 2.26. The average molecular weight is 354 g/mol. The zero-order valence-corrected chi connectivity index (χ0v) is 12.2. The summed E-state index contributed by atoms with van der Waals surface area (Å²) in [6.07, 6.45) is 0. The van der Waals surface area contributed by atoms with E-state index in [1.165, 1.54) is 0 Å². The van der Waals surface area contributed by atoms with Gasteiger partial charge in [-0.05, 0) is 55.5 Å². The van der Waals surface area contributed by atoms with Crippen molar-refractivity contribution in [2.24, 2.45) is 0 Å².